The van der Waals surface area contributed by atoms with Gasteiger partial charge in [-0.15, -0.1) is 0 Å². The number of piperidine rings is 1. The Bertz CT molecular complexity index is 434. The second-order valence-corrected chi connectivity index (χ2v) is 5.08. The molecule has 1 amide bonds. The van der Waals surface area contributed by atoms with Crippen molar-refractivity contribution in [1.29, 1.82) is 0 Å². The second-order valence-electron chi connectivity index (χ2n) is 5.08. The van der Waals surface area contributed by atoms with Gasteiger partial charge in [0.05, 0.1) is 13.5 Å². The summed E-state index contributed by atoms with van der Waals surface area (Å²) in [5.74, 6) is 2.69. The topological polar surface area (TPSA) is 29.5 Å². The number of hydrogen-bond donors (Lipinski definition) is 0. The van der Waals surface area contributed by atoms with E-state index in [4.69, 9.17) is 4.74 Å². The predicted octanol–water partition coefficient (Wildman–Crippen LogP) is 1.72. The summed E-state index contributed by atoms with van der Waals surface area (Å²) in [6, 6.07) is 7.76. The van der Waals surface area contributed by atoms with Crippen LogP contribution in [0.15, 0.2) is 24.3 Å². The molecule has 1 aromatic rings. The summed E-state index contributed by atoms with van der Waals surface area (Å²) < 4.78 is 5.16. The summed E-state index contributed by atoms with van der Waals surface area (Å²) in [7, 11) is 1.65. The van der Waals surface area contributed by atoms with Gasteiger partial charge in [0.2, 0.25) is 5.91 Å². The van der Waals surface area contributed by atoms with Crippen LogP contribution in [0, 0.1) is 11.8 Å². The first-order chi connectivity index (χ1) is 8.26. The number of nitrogens with zero attached hydrogens (tertiary/aromatic N) is 1. The van der Waals surface area contributed by atoms with E-state index in [2.05, 4.69) is 0 Å². The maximum atomic E-state index is 12.1. The zero-order chi connectivity index (χ0) is 11.8. The number of fused-ring (bicyclic) bond motifs is 1. The van der Waals surface area contributed by atoms with E-state index < -0.39 is 0 Å². The lowest BCUT2D eigenvalue weighted by molar-refractivity contribution is -0.129. The smallest absolute Gasteiger partial charge is 0.227 e. The lowest BCUT2D eigenvalue weighted by atomic mass is 10.1. The first-order valence-corrected chi connectivity index (χ1v) is 6.17. The fraction of sp³-hybridized carbons (Fsp3) is 0.500. The third-order valence-corrected chi connectivity index (χ3v) is 3.82. The molecule has 17 heavy (non-hydrogen) atoms. The predicted molar refractivity (Wildman–Crippen MR) is 64.9 cm³/mol. The fourth-order valence-electron chi connectivity index (χ4n) is 2.67. The number of methoxy groups -OCH3 is 1. The summed E-state index contributed by atoms with van der Waals surface area (Å²) in [5, 5.41) is 0. The molecule has 1 saturated heterocycles. The third kappa shape index (κ3) is 2.14. The van der Waals surface area contributed by atoms with Gasteiger partial charge in [0, 0.05) is 13.1 Å². The van der Waals surface area contributed by atoms with Crippen molar-refractivity contribution in [3.05, 3.63) is 29.8 Å². The van der Waals surface area contributed by atoms with Gasteiger partial charge in [-0.1, -0.05) is 12.1 Å². The van der Waals surface area contributed by atoms with Crippen LogP contribution in [0.1, 0.15) is 12.0 Å². The van der Waals surface area contributed by atoms with Gasteiger partial charge in [-0.2, -0.15) is 0 Å². The molecule has 1 heterocycles. The first-order valence-electron chi connectivity index (χ1n) is 6.17. The summed E-state index contributed by atoms with van der Waals surface area (Å²) in [6.45, 7) is 1.96. The van der Waals surface area contributed by atoms with E-state index in [0.29, 0.717) is 6.42 Å². The number of likely N-dealkylation sites (tertiary alicyclic amines) is 1. The van der Waals surface area contributed by atoms with Crippen LogP contribution in [0.3, 0.4) is 0 Å². The molecule has 1 aliphatic carbocycles. The van der Waals surface area contributed by atoms with Crippen molar-refractivity contribution in [2.45, 2.75) is 12.8 Å². The van der Waals surface area contributed by atoms with Gasteiger partial charge < -0.3 is 9.64 Å². The zero-order valence-corrected chi connectivity index (χ0v) is 10.1. The monoisotopic (exact) mass is 231 g/mol. The van der Waals surface area contributed by atoms with Crippen LogP contribution in [0.4, 0.5) is 0 Å². The van der Waals surface area contributed by atoms with E-state index in [0.717, 1.165) is 36.2 Å². The quantitative estimate of drug-likeness (QED) is 0.792. The Kier molecular flexibility index (Phi) is 2.54. The van der Waals surface area contributed by atoms with Crippen molar-refractivity contribution in [2.75, 3.05) is 20.2 Å². The fourth-order valence-corrected chi connectivity index (χ4v) is 2.67. The molecule has 0 aromatic heterocycles. The molecule has 0 radical (unpaired) electrons. The molecule has 0 spiro atoms. The van der Waals surface area contributed by atoms with Crippen LogP contribution in [-0.4, -0.2) is 31.0 Å². The normalized spacial score (nSPS) is 25.6. The zero-order valence-electron chi connectivity index (χ0n) is 10.1. The van der Waals surface area contributed by atoms with Crippen LogP contribution in [-0.2, 0) is 11.2 Å². The van der Waals surface area contributed by atoms with Crippen LogP contribution in [0.5, 0.6) is 5.75 Å². The average Bonchev–Trinajstić information content (AvgIpc) is 2.96. The minimum Gasteiger partial charge on any atom is -0.497 e. The Morgan fingerprint density at radius 3 is 2.88 bits per heavy atom. The number of carbonyl (C=O) groups excluding carboxylic acids is 1. The number of amides is 1. The molecule has 1 saturated carbocycles. The van der Waals surface area contributed by atoms with Crippen molar-refractivity contribution in [3.63, 3.8) is 0 Å². The third-order valence-electron chi connectivity index (χ3n) is 3.82. The summed E-state index contributed by atoms with van der Waals surface area (Å²) in [4.78, 5) is 14.1. The van der Waals surface area contributed by atoms with Crippen molar-refractivity contribution in [2.24, 2.45) is 11.8 Å². The van der Waals surface area contributed by atoms with Crippen LogP contribution in [0.2, 0.25) is 0 Å². The summed E-state index contributed by atoms with van der Waals surface area (Å²) >= 11 is 0. The van der Waals surface area contributed by atoms with Gasteiger partial charge in [0.25, 0.3) is 0 Å². The molecular weight excluding hydrogens is 214 g/mol. The molecule has 3 rings (SSSR count). The number of hydrogen-bond acceptors (Lipinski definition) is 2. The molecule has 0 bridgehead atoms. The van der Waals surface area contributed by atoms with E-state index in [1.165, 1.54) is 6.42 Å². The summed E-state index contributed by atoms with van der Waals surface area (Å²) in [5.41, 5.74) is 1.04. The van der Waals surface area contributed by atoms with E-state index in [1.54, 1.807) is 7.11 Å². The summed E-state index contributed by atoms with van der Waals surface area (Å²) in [6.07, 6.45) is 1.83. The van der Waals surface area contributed by atoms with E-state index in [-0.39, 0.29) is 5.91 Å². The van der Waals surface area contributed by atoms with E-state index in [9.17, 15) is 4.79 Å². The molecule has 2 unspecified atom stereocenters. The molecule has 1 aliphatic heterocycles. The lowest BCUT2D eigenvalue weighted by Crippen LogP contribution is -2.31. The van der Waals surface area contributed by atoms with Gasteiger partial charge >= 0.3 is 0 Å². The molecule has 2 atom stereocenters. The van der Waals surface area contributed by atoms with Gasteiger partial charge in [-0.3, -0.25) is 4.79 Å². The van der Waals surface area contributed by atoms with E-state index >= 15 is 0 Å². The Labute approximate surface area is 101 Å². The maximum Gasteiger partial charge on any atom is 0.227 e. The molecule has 2 fully saturated rings. The van der Waals surface area contributed by atoms with Crippen molar-refractivity contribution in [3.8, 4) is 5.75 Å². The highest BCUT2D eigenvalue weighted by Crippen LogP contribution is 2.44. The minimum absolute atomic E-state index is 0.255. The van der Waals surface area contributed by atoms with Crippen LogP contribution >= 0.6 is 0 Å². The minimum atomic E-state index is 0.255. The highest BCUT2D eigenvalue weighted by molar-refractivity contribution is 5.79. The molecule has 2 aliphatic rings. The van der Waals surface area contributed by atoms with Crippen molar-refractivity contribution >= 4 is 5.91 Å². The average molecular weight is 231 g/mol. The molecule has 3 heteroatoms. The number of benzene rings is 1. The largest absolute Gasteiger partial charge is 0.497 e. The second kappa shape index (κ2) is 4.06. The van der Waals surface area contributed by atoms with Crippen LogP contribution < -0.4 is 4.74 Å². The Morgan fingerprint density at radius 2 is 2.18 bits per heavy atom. The van der Waals surface area contributed by atoms with Gasteiger partial charge in [0.15, 0.2) is 0 Å². The van der Waals surface area contributed by atoms with Gasteiger partial charge in [-0.25, -0.2) is 0 Å². The highest BCUT2D eigenvalue weighted by atomic mass is 16.5. The number of carbonyl (C=O) groups is 1. The molecular formula is C14H17NO2. The van der Waals surface area contributed by atoms with Gasteiger partial charge in [0.1, 0.15) is 5.75 Å². The van der Waals surface area contributed by atoms with E-state index in [1.807, 2.05) is 29.2 Å². The molecule has 0 N–H and O–H groups in total. The number of ether oxygens (including phenoxy) is 1. The van der Waals surface area contributed by atoms with Crippen molar-refractivity contribution < 1.29 is 9.53 Å². The van der Waals surface area contributed by atoms with Crippen molar-refractivity contribution in [1.82, 2.24) is 4.90 Å². The Balaban J connectivity index is 1.63. The molecule has 90 valence electrons. The highest BCUT2D eigenvalue weighted by Gasteiger charge is 2.46. The Morgan fingerprint density at radius 1 is 1.41 bits per heavy atom. The molecule has 1 aromatic carbocycles. The number of rotatable bonds is 3. The lowest BCUT2D eigenvalue weighted by Gasteiger charge is -2.17. The maximum absolute atomic E-state index is 12.1. The Hall–Kier alpha value is -1.51. The SMILES string of the molecule is COc1cccc(CC(=O)N2CC3CC3C2)c1. The first kappa shape index (κ1) is 10.6. The van der Waals surface area contributed by atoms with Gasteiger partial charge in [-0.05, 0) is 36.0 Å². The van der Waals surface area contributed by atoms with Crippen LogP contribution in [0.25, 0.3) is 0 Å². The standard InChI is InChI=1S/C14H17NO2/c1-17-13-4-2-3-10(5-13)6-14(16)15-8-11-7-12(11)9-15/h2-5,11-12H,6-9H2,1H3. The molecule has 3 nitrogen and oxygen atoms in total.